The third-order valence-electron chi connectivity index (χ3n) is 2.97. The number of ether oxygens (including phenoxy) is 1. The van der Waals surface area contributed by atoms with Crippen molar-refractivity contribution in [2.75, 3.05) is 0 Å². The fraction of sp³-hybridized carbons (Fsp3) is 0.167. The van der Waals surface area contributed by atoms with E-state index >= 15 is 0 Å². The van der Waals surface area contributed by atoms with Gasteiger partial charge in [-0.25, -0.2) is 4.79 Å². The van der Waals surface area contributed by atoms with Crippen LogP contribution in [0, 0.1) is 6.92 Å². The van der Waals surface area contributed by atoms with E-state index in [1.807, 2.05) is 24.3 Å². The average Bonchev–Trinajstić information content (AvgIpc) is 2.41. The van der Waals surface area contributed by atoms with Crippen molar-refractivity contribution in [3.8, 4) is 5.75 Å². The van der Waals surface area contributed by atoms with E-state index in [0.29, 0.717) is 11.3 Å². The van der Waals surface area contributed by atoms with Crippen molar-refractivity contribution in [3.63, 3.8) is 0 Å². The largest absolute Gasteiger partial charge is 0.423 e. The molecule has 0 aliphatic heterocycles. The molecular weight excluding hydrogens is 248 g/mol. The van der Waals surface area contributed by atoms with E-state index < -0.39 is 5.97 Å². The molecule has 0 fully saturated rings. The number of hydrogen-bond acceptors (Lipinski definition) is 2. The van der Waals surface area contributed by atoms with Crippen molar-refractivity contribution in [3.05, 3.63) is 77.4 Å². The minimum atomic E-state index is -0.392. The zero-order valence-electron chi connectivity index (χ0n) is 11.8. The van der Waals surface area contributed by atoms with Gasteiger partial charge in [-0.2, -0.15) is 0 Å². The predicted molar refractivity (Wildman–Crippen MR) is 80.9 cm³/mol. The Morgan fingerprint density at radius 2 is 1.80 bits per heavy atom. The van der Waals surface area contributed by atoms with E-state index in [2.05, 4.69) is 37.8 Å². The summed E-state index contributed by atoms with van der Waals surface area (Å²) in [6.45, 7) is 7.28. The predicted octanol–water partition coefficient (Wildman–Crippen LogP) is 4.07. The van der Waals surface area contributed by atoms with Gasteiger partial charge in [0, 0.05) is 5.57 Å². The Hall–Kier alpha value is -2.35. The van der Waals surface area contributed by atoms with Crippen LogP contribution in [-0.4, -0.2) is 5.97 Å². The Labute approximate surface area is 119 Å². The van der Waals surface area contributed by atoms with Crippen LogP contribution in [0.2, 0.25) is 0 Å². The lowest BCUT2D eigenvalue weighted by molar-refractivity contribution is -0.130. The van der Waals surface area contributed by atoms with Gasteiger partial charge in [-0.3, -0.25) is 0 Å². The molecule has 0 amide bonds. The normalized spacial score (nSPS) is 10.1. The molecule has 2 rings (SSSR count). The average molecular weight is 266 g/mol. The summed E-state index contributed by atoms with van der Waals surface area (Å²) >= 11 is 0. The van der Waals surface area contributed by atoms with Crippen molar-refractivity contribution >= 4 is 5.97 Å². The van der Waals surface area contributed by atoms with Gasteiger partial charge in [0.1, 0.15) is 5.75 Å². The highest BCUT2D eigenvalue weighted by atomic mass is 16.5. The Balaban J connectivity index is 2.05. The number of rotatable bonds is 4. The van der Waals surface area contributed by atoms with Crippen LogP contribution < -0.4 is 4.74 Å². The molecule has 0 N–H and O–H groups in total. The molecular formula is C18H18O2. The molecule has 2 nitrogen and oxygen atoms in total. The van der Waals surface area contributed by atoms with Crippen LogP contribution in [0.4, 0.5) is 0 Å². The Bertz CT molecular complexity index is 624. The first-order chi connectivity index (χ1) is 9.54. The van der Waals surface area contributed by atoms with Crippen LogP contribution in [0.15, 0.2) is 60.7 Å². The first-order valence-electron chi connectivity index (χ1n) is 6.57. The number of hydrogen-bond donors (Lipinski definition) is 0. The van der Waals surface area contributed by atoms with Gasteiger partial charge in [0.25, 0.3) is 0 Å². The van der Waals surface area contributed by atoms with Gasteiger partial charge in [0.2, 0.25) is 0 Å². The van der Waals surface area contributed by atoms with E-state index in [0.717, 1.165) is 6.42 Å². The fourth-order valence-corrected chi connectivity index (χ4v) is 1.93. The molecule has 0 saturated heterocycles. The van der Waals surface area contributed by atoms with Crippen LogP contribution in [0.5, 0.6) is 5.75 Å². The number of carbonyl (C=O) groups is 1. The summed E-state index contributed by atoms with van der Waals surface area (Å²) in [5.74, 6) is 0.155. The lowest BCUT2D eigenvalue weighted by atomic mass is 10.0. The molecule has 102 valence electrons. The van der Waals surface area contributed by atoms with E-state index in [-0.39, 0.29) is 0 Å². The highest BCUT2D eigenvalue weighted by Gasteiger charge is 2.05. The second-order valence-corrected chi connectivity index (χ2v) is 4.98. The molecule has 0 atom stereocenters. The molecule has 2 aromatic carbocycles. The van der Waals surface area contributed by atoms with Gasteiger partial charge in [0.05, 0.1) is 0 Å². The van der Waals surface area contributed by atoms with Crippen LogP contribution in [-0.2, 0) is 11.2 Å². The summed E-state index contributed by atoms with van der Waals surface area (Å²) in [4.78, 5) is 11.4. The number of carbonyl (C=O) groups excluding carboxylic acids is 1. The summed E-state index contributed by atoms with van der Waals surface area (Å²) in [5.41, 5.74) is 4.12. The van der Waals surface area contributed by atoms with Gasteiger partial charge < -0.3 is 4.74 Å². The summed E-state index contributed by atoms with van der Waals surface area (Å²) in [7, 11) is 0. The summed E-state index contributed by atoms with van der Waals surface area (Å²) < 4.78 is 5.16. The van der Waals surface area contributed by atoms with Crippen LogP contribution in [0.25, 0.3) is 0 Å². The Morgan fingerprint density at radius 1 is 1.10 bits per heavy atom. The number of aryl methyl sites for hydroxylation is 1. The molecule has 0 spiro atoms. The third-order valence-corrected chi connectivity index (χ3v) is 2.97. The highest BCUT2D eigenvalue weighted by Crippen LogP contribution is 2.16. The minimum Gasteiger partial charge on any atom is -0.423 e. The SMILES string of the molecule is C=C(C)C(=O)Oc1ccc(Cc2cccc(C)c2)cc1. The molecule has 0 unspecified atom stereocenters. The quantitative estimate of drug-likeness (QED) is 0.474. The molecule has 0 radical (unpaired) electrons. The molecule has 0 heterocycles. The van der Waals surface area contributed by atoms with Gasteiger partial charge in [-0.05, 0) is 43.5 Å². The van der Waals surface area contributed by atoms with Crippen molar-refractivity contribution in [2.45, 2.75) is 20.3 Å². The zero-order chi connectivity index (χ0) is 14.5. The summed E-state index contributed by atoms with van der Waals surface area (Å²) in [6.07, 6.45) is 0.871. The second kappa shape index (κ2) is 6.20. The maximum Gasteiger partial charge on any atom is 0.338 e. The third kappa shape index (κ3) is 3.82. The van der Waals surface area contributed by atoms with Crippen molar-refractivity contribution < 1.29 is 9.53 Å². The van der Waals surface area contributed by atoms with Gasteiger partial charge >= 0.3 is 5.97 Å². The lowest BCUT2D eigenvalue weighted by Gasteiger charge is -2.06. The van der Waals surface area contributed by atoms with E-state index in [1.54, 1.807) is 6.92 Å². The molecule has 0 bridgehead atoms. The number of benzene rings is 2. The second-order valence-electron chi connectivity index (χ2n) is 4.98. The van der Waals surface area contributed by atoms with E-state index in [9.17, 15) is 4.79 Å². The summed E-state index contributed by atoms with van der Waals surface area (Å²) in [6, 6.07) is 16.0. The van der Waals surface area contributed by atoms with E-state index in [1.165, 1.54) is 16.7 Å². The van der Waals surface area contributed by atoms with Crippen LogP contribution >= 0.6 is 0 Å². The van der Waals surface area contributed by atoms with Crippen molar-refractivity contribution in [1.82, 2.24) is 0 Å². The Kier molecular flexibility index (Phi) is 4.36. The molecule has 0 aliphatic carbocycles. The minimum absolute atomic E-state index is 0.392. The van der Waals surface area contributed by atoms with Crippen LogP contribution in [0.1, 0.15) is 23.6 Å². The molecule has 0 aliphatic rings. The summed E-state index contributed by atoms with van der Waals surface area (Å²) in [5, 5.41) is 0. The fourth-order valence-electron chi connectivity index (χ4n) is 1.93. The van der Waals surface area contributed by atoms with E-state index in [4.69, 9.17) is 4.74 Å². The van der Waals surface area contributed by atoms with Crippen molar-refractivity contribution in [2.24, 2.45) is 0 Å². The standard InChI is InChI=1S/C18H18O2/c1-13(2)18(19)20-17-9-7-15(8-10-17)12-16-6-4-5-14(3)11-16/h4-11H,1,12H2,2-3H3. The molecule has 2 aromatic rings. The molecule has 2 heteroatoms. The van der Waals surface area contributed by atoms with Gasteiger partial charge in [-0.1, -0.05) is 48.5 Å². The highest BCUT2D eigenvalue weighted by molar-refractivity contribution is 5.88. The first kappa shape index (κ1) is 14.1. The maximum atomic E-state index is 11.4. The maximum absolute atomic E-state index is 11.4. The topological polar surface area (TPSA) is 26.3 Å². The molecule has 0 aromatic heterocycles. The molecule has 0 saturated carbocycles. The smallest absolute Gasteiger partial charge is 0.338 e. The first-order valence-corrected chi connectivity index (χ1v) is 6.57. The lowest BCUT2D eigenvalue weighted by Crippen LogP contribution is -2.08. The monoisotopic (exact) mass is 266 g/mol. The zero-order valence-corrected chi connectivity index (χ0v) is 11.8. The van der Waals surface area contributed by atoms with Gasteiger partial charge in [0.15, 0.2) is 0 Å². The Morgan fingerprint density at radius 3 is 2.40 bits per heavy atom. The van der Waals surface area contributed by atoms with Crippen molar-refractivity contribution in [1.29, 1.82) is 0 Å². The van der Waals surface area contributed by atoms with Crippen LogP contribution in [0.3, 0.4) is 0 Å². The number of esters is 1. The van der Waals surface area contributed by atoms with Gasteiger partial charge in [-0.15, -0.1) is 0 Å². The molecule has 20 heavy (non-hydrogen) atoms.